The van der Waals surface area contributed by atoms with Gasteiger partial charge in [-0.15, -0.1) is 0 Å². The molecule has 4 heteroatoms. The van der Waals surface area contributed by atoms with E-state index in [9.17, 15) is 4.79 Å². The van der Waals surface area contributed by atoms with Crippen molar-refractivity contribution < 1.29 is 19.0 Å². The van der Waals surface area contributed by atoms with Crippen LogP contribution in [0.3, 0.4) is 0 Å². The highest BCUT2D eigenvalue weighted by Crippen LogP contribution is 2.34. The normalized spacial score (nSPS) is 10.7. The summed E-state index contributed by atoms with van der Waals surface area (Å²) in [6.45, 7) is 4.33. The number of rotatable bonds is 8. The summed E-state index contributed by atoms with van der Waals surface area (Å²) in [4.78, 5) is 12.2. The molecule has 0 fully saturated rings. The highest BCUT2D eigenvalue weighted by molar-refractivity contribution is 5.92. The van der Waals surface area contributed by atoms with Crippen LogP contribution in [-0.4, -0.2) is 27.0 Å². The zero-order valence-electron chi connectivity index (χ0n) is 18.0. The maximum absolute atomic E-state index is 12.2. The number of benzene rings is 3. The van der Waals surface area contributed by atoms with Gasteiger partial charge in [-0.05, 0) is 84.3 Å². The second-order valence-electron chi connectivity index (χ2n) is 7.33. The molecule has 0 bridgehead atoms. The molecule has 156 valence electrons. The molecule has 3 aromatic rings. The van der Waals surface area contributed by atoms with E-state index in [0.717, 1.165) is 40.8 Å². The molecule has 3 aromatic carbocycles. The third-order valence-corrected chi connectivity index (χ3v) is 5.18. The summed E-state index contributed by atoms with van der Waals surface area (Å²) in [5, 5.41) is 0. The van der Waals surface area contributed by atoms with E-state index in [2.05, 4.69) is 38.1 Å². The highest BCUT2D eigenvalue weighted by atomic mass is 16.7. The summed E-state index contributed by atoms with van der Waals surface area (Å²) < 4.78 is 15.6. The Morgan fingerprint density at radius 1 is 0.867 bits per heavy atom. The van der Waals surface area contributed by atoms with Crippen molar-refractivity contribution in [3.63, 3.8) is 0 Å². The zero-order valence-corrected chi connectivity index (χ0v) is 18.0. The van der Waals surface area contributed by atoms with Crippen molar-refractivity contribution in [1.29, 1.82) is 0 Å². The van der Waals surface area contributed by atoms with E-state index in [-0.39, 0.29) is 12.8 Å². The molecule has 0 saturated heterocycles. The van der Waals surface area contributed by atoms with Crippen LogP contribution in [0.1, 0.15) is 32.6 Å². The van der Waals surface area contributed by atoms with Gasteiger partial charge in [0.1, 0.15) is 5.75 Å². The van der Waals surface area contributed by atoms with Gasteiger partial charge in [0.15, 0.2) is 6.79 Å². The fourth-order valence-electron chi connectivity index (χ4n) is 3.75. The van der Waals surface area contributed by atoms with Crippen LogP contribution in [0.4, 0.5) is 0 Å². The summed E-state index contributed by atoms with van der Waals surface area (Å²) in [7, 11) is 3.01. The minimum atomic E-state index is -0.332. The molecule has 3 rings (SSSR count). The second-order valence-corrected chi connectivity index (χ2v) is 7.33. The Kier molecular flexibility index (Phi) is 7.26. The molecule has 0 unspecified atom stereocenters. The van der Waals surface area contributed by atoms with Gasteiger partial charge >= 0.3 is 5.97 Å². The third-order valence-electron chi connectivity index (χ3n) is 5.18. The molecule has 0 saturated carbocycles. The third kappa shape index (κ3) is 5.08. The van der Waals surface area contributed by atoms with Crippen LogP contribution in [0.15, 0.2) is 60.7 Å². The van der Waals surface area contributed by atoms with E-state index in [1.54, 1.807) is 7.11 Å². The zero-order chi connectivity index (χ0) is 21.5. The van der Waals surface area contributed by atoms with Gasteiger partial charge in [-0.25, -0.2) is 4.79 Å². The fourth-order valence-corrected chi connectivity index (χ4v) is 3.75. The number of hydrogen-bond acceptors (Lipinski definition) is 4. The van der Waals surface area contributed by atoms with E-state index < -0.39 is 0 Å². The number of methoxy groups -OCH3 is 2. The lowest BCUT2D eigenvalue weighted by Gasteiger charge is -2.18. The first-order chi connectivity index (χ1) is 14.5. The van der Waals surface area contributed by atoms with Crippen molar-refractivity contribution in [2.45, 2.75) is 26.7 Å². The van der Waals surface area contributed by atoms with E-state index >= 15 is 0 Å². The van der Waals surface area contributed by atoms with Crippen LogP contribution >= 0.6 is 0 Å². The predicted octanol–water partition coefficient (Wildman–Crippen LogP) is 5.52. The summed E-state index contributed by atoms with van der Waals surface area (Å²) in [6, 6.07) is 20.3. The monoisotopic (exact) mass is 404 g/mol. The Hall–Kier alpha value is -3.11. The van der Waals surface area contributed by atoms with Gasteiger partial charge in [0.05, 0.1) is 12.7 Å². The molecule has 30 heavy (non-hydrogen) atoms. The lowest BCUT2D eigenvalue weighted by Crippen LogP contribution is -2.05. The first-order valence-corrected chi connectivity index (χ1v) is 10.0. The lowest BCUT2D eigenvalue weighted by molar-refractivity contribution is 0.0510. The average molecular weight is 405 g/mol. The van der Waals surface area contributed by atoms with Crippen molar-refractivity contribution in [3.8, 4) is 16.9 Å². The minimum Gasteiger partial charge on any atom is -0.468 e. The maximum atomic E-state index is 12.2. The minimum absolute atomic E-state index is 0.207. The molecular weight excluding hydrogens is 376 g/mol. The van der Waals surface area contributed by atoms with E-state index in [1.807, 2.05) is 36.4 Å². The molecule has 0 aliphatic carbocycles. The van der Waals surface area contributed by atoms with Gasteiger partial charge < -0.3 is 14.2 Å². The van der Waals surface area contributed by atoms with Gasteiger partial charge in [-0.2, -0.15) is 0 Å². The molecule has 0 amide bonds. The van der Waals surface area contributed by atoms with E-state index in [4.69, 9.17) is 14.2 Å². The maximum Gasteiger partial charge on any atom is 0.337 e. The molecule has 0 spiro atoms. The standard InChI is InChI=1S/C26H28O4/c1-18-14-23(30-17-28-3)15-19(2)25(18)24-16-22(26(27)29-4)13-12-21(24)11-10-20-8-6-5-7-9-20/h5-9,12-16H,10-11,17H2,1-4H3. The molecule has 0 radical (unpaired) electrons. The van der Waals surface area contributed by atoms with Crippen LogP contribution in [0, 0.1) is 13.8 Å². The van der Waals surface area contributed by atoms with Crippen LogP contribution < -0.4 is 4.74 Å². The largest absolute Gasteiger partial charge is 0.468 e. The summed E-state index contributed by atoms with van der Waals surface area (Å²) in [5.41, 5.74) is 7.39. The summed E-state index contributed by atoms with van der Waals surface area (Å²) >= 11 is 0. The quantitative estimate of drug-likeness (QED) is 0.366. The molecule has 0 aliphatic heterocycles. The van der Waals surface area contributed by atoms with Crippen molar-refractivity contribution in [2.75, 3.05) is 21.0 Å². The summed E-state index contributed by atoms with van der Waals surface area (Å²) in [5.74, 6) is 0.437. The van der Waals surface area contributed by atoms with Crippen molar-refractivity contribution in [1.82, 2.24) is 0 Å². The van der Waals surface area contributed by atoms with Crippen LogP contribution in [-0.2, 0) is 22.3 Å². The van der Waals surface area contributed by atoms with Gasteiger partial charge in [0, 0.05) is 7.11 Å². The smallest absolute Gasteiger partial charge is 0.337 e. The molecule has 0 aromatic heterocycles. The first kappa shape index (κ1) is 21.6. The van der Waals surface area contributed by atoms with Crippen molar-refractivity contribution >= 4 is 5.97 Å². The molecule has 0 aliphatic rings. The van der Waals surface area contributed by atoms with Crippen LogP contribution in [0.25, 0.3) is 11.1 Å². The number of carbonyl (C=O) groups excluding carboxylic acids is 1. The first-order valence-electron chi connectivity index (χ1n) is 10.0. The number of ether oxygens (including phenoxy) is 3. The number of esters is 1. The second kappa shape index (κ2) is 10.1. The van der Waals surface area contributed by atoms with Crippen molar-refractivity contribution in [2.24, 2.45) is 0 Å². The average Bonchev–Trinajstić information content (AvgIpc) is 2.76. The summed E-state index contributed by atoms with van der Waals surface area (Å²) in [6.07, 6.45) is 1.81. The van der Waals surface area contributed by atoms with Crippen LogP contribution in [0.2, 0.25) is 0 Å². The lowest BCUT2D eigenvalue weighted by atomic mass is 9.88. The molecule has 0 heterocycles. The Balaban J connectivity index is 2.03. The SMILES string of the molecule is COCOc1cc(C)c(-c2cc(C(=O)OC)ccc2CCc2ccccc2)c(C)c1. The number of hydrogen-bond donors (Lipinski definition) is 0. The van der Waals surface area contributed by atoms with Gasteiger partial charge in [0.25, 0.3) is 0 Å². The molecule has 0 atom stereocenters. The topological polar surface area (TPSA) is 44.8 Å². The van der Waals surface area contributed by atoms with Gasteiger partial charge in [-0.1, -0.05) is 36.4 Å². The van der Waals surface area contributed by atoms with E-state index in [1.165, 1.54) is 18.2 Å². The highest BCUT2D eigenvalue weighted by Gasteiger charge is 2.16. The fraction of sp³-hybridized carbons (Fsp3) is 0.269. The molecule has 4 nitrogen and oxygen atoms in total. The Morgan fingerprint density at radius 2 is 1.57 bits per heavy atom. The number of carbonyl (C=O) groups is 1. The predicted molar refractivity (Wildman–Crippen MR) is 119 cm³/mol. The Morgan fingerprint density at radius 3 is 2.20 bits per heavy atom. The molecular formula is C26H28O4. The van der Waals surface area contributed by atoms with Crippen molar-refractivity contribution in [3.05, 3.63) is 88.5 Å². The van der Waals surface area contributed by atoms with Gasteiger partial charge in [-0.3, -0.25) is 0 Å². The van der Waals surface area contributed by atoms with E-state index in [0.29, 0.717) is 5.56 Å². The Labute approximate surface area is 178 Å². The van der Waals surface area contributed by atoms with Gasteiger partial charge in [0.2, 0.25) is 0 Å². The molecule has 0 N–H and O–H groups in total. The number of aryl methyl sites for hydroxylation is 4. The van der Waals surface area contributed by atoms with Crippen LogP contribution in [0.5, 0.6) is 5.75 Å². The Bertz CT molecular complexity index is 986.